The summed E-state index contributed by atoms with van der Waals surface area (Å²) in [7, 11) is 0. The van der Waals surface area contributed by atoms with E-state index >= 15 is 0 Å². The van der Waals surface area contributed by atoms with E-state index in [-0.39, 0.29) is 37.0 Å². The summed E-state index contributed by atoms with van der Waals surface area (Å²) in [5.41, 5.74) is 0.0242. The number of furan rings is 1. The maximum atomic E-state index is 12.5. The Hall–Kier alpha value is -2.69. The highest BCUT2D eigenvalue weighted by molar-refractivity contribution is 8.26. The molecule has 1 aromatic carbocycles. The van der Waals surface area contributed by atoms with Gasteiger partial charge in [0.15, 0.2) is 0 Å². The van der Waals surface area contributed by atoms with Gasteiger partial charge < -0.3 is 9.52 Å². The molecule has 0 unspecified atom stereocenters. The smallest absolute Gasteiger partial charge is 0.326 e. The van der Waals surface area contributed by atoms with Crippen molar-refractivity contribution in [3.8, 4) is 11.3 Å². The molecule has 0 radical (unpaired) electrons. The number of rotatable bonds is 5. The van der Waals surface area contributed by atoms with Crippen molar-refractivity contribution in [2.24, 2.45) is 0 Å². The number of thiocarbonyl (C=S) groups is 1. The fraction of sp³-hybridized carbons (Fsp3) is 0.118. The summed E-state index contributed by atoms with van der Waals surface area (Å²) in [4.78, 5) is 35.5. The predicted molar refractivity (Wildman–Crippen MR) is 108 cm³/mol. The van der Waals surface area contributed by atoms with Gasteiger partial charge in [-0.1, -0.05) is 35.6 Å². The molecule has 28 heavy (non-hydrogen) atoms. The first-order valence-corrected chi connectivity index (χ1v) is 9.33. The fourth-order valence-electron chi connectivity index (χ4n) is 2.49. The van der Waals surface area contributed by atoms with Gasteiger partial charge in [0.25, 0.3) is 11.6 Å². The van der Waals surface area contributed by atoms with Crippen LogP contribution in [-0.2, 0) is 9.59 Å². The van der Waals surface area contributed by atoms with Crippen LogP contribution in [0.15, 0.2) is 39.7 Å². The number of aliphatic carboxylic acids is 1. The Bertz CT molecular complexity index is 1050. The van der Waals surface area contributed by atoms with Gasteiger partial charge in [-0.3, -0.25) is 19.8 Å². The molecule has 1 atom stereocenters. The van der Waals surface area contributed by atoms with E-state index in [9.17, 15) is 19.7 Å². The van der Waals surface area contributed by atoms with Gasteiger partial charge in [0.05, 0.1) is 15.4 Å². The molecular weight excluding hydrogens is 428 g/mol. The Labute approximate surface area is 172 Å². The largest absolute Gasteiger partial charge is 0.480 e. The van der Waals surface area contributed by atoms with E-state index < -0.39 is 22.8 Å². The van der Waals surface area contributed by atoms with Crippen molar-refractivity contribution in [1.82, 2.24) is 4.90 Å². The molecule has 1 aliphatic heterocycles. The number of carbonyl (C=O) groups is 2. The normalized spacial score (nSPS) is 16.6. The maximum absolute atomic E-state index is 12.5. The molecule has 2 heterocycles. The molecule has 2 aromatic rings. The molecule has 3 rings (SSSR count). The molecule has 1 aromatic heterocycles. The lowest BCUT2D eigenvalue weighted by Crippen LogP contribution is -2.41. The van der Waals surface area contributed by atoms with Crippen molar-refractivity contribution in [3.63, 3.8) is 0 Å². The Morgan fingerprint density at radius 3 is 2.79 bits per heavy atom. The Morgan fingerprint density at radius 1 is 1.43 bits per heavy atom. The van der Waals surface area contributed by atoms with Crippen molar-refractivity contribution < 1.29 is 24.0 Å². The van der Waals surface area contributed by atoms with Crippen LogP contribution in [0.5, 0.6) is 0 Å². The van der Waals surface area contributed by atoms with Gasteiger partial charge in [-0.15, -0.1) is 0 Å². The number of carboxylic acid groups (broad SMARTS) is 1. The summed E-state index contributed by atoms with van der Waals surface area (Å²) in [5.74, 6) is -1.22. The van der Waals surface area contributed by atoms with E-state index in [1.807, 2.05) is 0 Å². The Morgan fingerprint density at radius 2 is 2.14 bits per heavy atom. The van der Waals surface area contributed by atoms with Gasteiger partial charge in [0.2, 0.25) is 0 Å². The second-order valence-electron chi connectivity index (χ2n) is 5.69. The topological polar surface area (TPSA) is 114 Å². The van der Waals surface area contributed by atoms with E-state index in [1.165, 1.54) is 37.3 Å². The number of nitro benzene ring substituents is 1. The summed E-state index contributed by atoms with van der Waals surface area (Å²) < 4.78 is 5.75. The van der Waals surface area contributed by atoms with E-state index in [1.54, 1.807) is 6.07 Å². The second kappa shape index (κ2) is 7.74. The molecule has 0 bridgehead atoms. The minimum Gasteiger partial charge on any atom is -0.480 e. The molecular formula is C17H11ClN2O6S2. The number of hydrogen-bond donors (Lipinski definition) is 1. The zero-order valence-electron chi connectivity index (χ0n) is 14.1. The first kappa shape index (κ1) is 20.1. The van der Waals surface area contributed by atoms with Gasteiger partial charge in [-0.25, -0.2) is 4.79 Å². The number of halogens is 1. The van der Waals surface area contributed by atoms with Crippen LogP contribution in [0, 0.1) is 10.1 Å². The Balaban J connectivity index is 1.92. The van der Waals surface area contributed by atoms with Crippen LogP contribution in [0.1, 0.15) is 12.7 Å². The lowest BCUT2D eigenvalue weighted by Gasteiger charge is -2.18. The Kier molecular flexibility index (Phi) is 5.54. The zero-order valence-corrected chi connectivity index (χ0v) is 16.5. The summed E-state index contributed by atoms with van der Waals surface area (Å²) in [6.07, 6.45) is 1.42. The zero-order chi connectivity index (χ0) is 20.6. The fourth-order valence-corrected chi connectivity index (χ4v) is 4.06. The van der Waals surface area contributed by atoms with Crippen molar-refractivity contribution in [2.45, 2.75) is 13.0 Å². The molecule has 144 valence electrons. The quantitative estimate of drug-likeness (QED) is 0.320. The number of thioether (sulfide) groups is 1. The average Bonchev–Trinajstić information content (AvgIpc) is 3.19. The highest BCUT2D eigenvalue weighted by atomic mass is 35.5. The van der Waals surface area contributed by atoms with Crippen molar-refractivity contribution in [1.29, 1.82) is 0 Å². The number of nitrogens with zero attached hydrogens (tertiary/aromatic N) is 2. The molecule has 1 saturated heterocycles. The van der Waals surface area contributed by atoms with Gasteiger partial charge in [-0.2, -0.15) is 0 Å². The van der Waals surface area contributed by atoms with Crippen LogP contribution in [0.25, 0.3) is 17.4 Å². The SMILES string of the molecule is C[C@H](C(=O)O)N1C(=O)/C(=C\c2ccc(-c3ccc(Cl)cc3[N+](=O)[O-])o2)SC1=S. The summed E-state index contributed by atoms with van der Waals surface area (Å²) in [5, 5.41) is 20.6. The molecule has 1 fully saturated rings. The number of benzene rings is 1. The number of carbonyl (C=O) groups excluding carboxylic acids is 1. The van der Waals surface area contributed by atoms with Gasteiger partial charge in [0.1, 0.15) is 21.9 Å². The number of amides is 1. The van der Waals surface area contributed by atoms with Crippen LogP contribution in [0.2, 0.25) is 5.02 Å². The minimum atomic E-state index is -1.17. The third-order valence-electron chi connectivity index (χ3n) is 3.89. The molecule has 1 N–H and O–H groups in total. The lowest BCUT2D eigenvalue weighted by atomic mass is 10.1. The number of nitro groups is 1. The molecule has 0 spiro atoms. The molecule has 1 amide bonds. The predicted octanol–water partition coefficient (Wildman–Crippen LogP) is 4.18. The molecule has 0 aliphatic carbocycles. The van der Waals surface area contributed by atoms with Crippen LogP contribution in [0.3, 0.4) is 0 Å². The van der Waals surface area contributed by atoms with E-state index in [0.29, 0.717) is 0 Å². The summed E-state index contributed by atoms with van der Waals surface area (Å²) >= 11 is 11.9. The number of carboxylic acids is 1. The summed E-state index contributed by atoms with van der Waals surface area (Å²) in [6, 6.07) is 6.17. The van der Waals surface area contributed by atoms with Crippen molar-refractivity contribution in [3.05, 3.63) is 56.1 Å². The lowest BCUT2D eigenvalue weighted by molar-refractivity contribution is -0.384. The van der Waals surface area contributed by atoms with Crippen LogP contribution >= 0.6 is 35.6 Å². The van der Waals surface area contributed by atoms with Gasteiger partial charge >= 0.3 is 5.97 Å². The number of hydrogen-bond acceptors (Lipinski definition) is 7. The van der Waals surface area contributed by atoms with Crippen molar-refractivity contribution in [2.75, 3.05) is 0 Å². The van der Waals surface area contributed by atoms with E-state index in [2.05, 4.69) is 0 Å². The monoisotopic (exact) mass is 438 g/mol. The third kappa shape index (κ3) is 3.79. The van der Waals surface area contributed by atoms with E-state index in [4.69, 9.17) is 33.3 Å². The molecule has 11 heteroatoms. The van der Waals surface area contributed by atoms with Gasteiger partial charge in [0, 0.05) is 17.2 Å². The molecule has 0 saturated carbocycles. The van der Waals surface area contributed by atoms with Crippen LogP contribution in [-0.4, -0.2) is 37.2 Å². The molecule has 1 aliphatic rings. The van der Waals surface area contributed by atoms with Crippen LogP contribution < -0.4 is 0 Å². The average molecular weight is 439 g/mol. The third-order valence-corrected chi connectivity index (χ3v) is 5.46. The second-order valence-corrected chi connectivity index (χ2v) is 7.80. The highest BCUT2D eigenvalue weighted by Gasteiger charge is 2.38. The highest BCUT2D eigenvalue weighted by Crippen LogP contribution is 2.36. The van der Waals surface area contributed by atoms with E-state index in [0.717, 1.165) is 16.7 Å². The first-order chi connectivity index (χ1) is 13.2. The minimum absolute atomic E-state index is 0.131. The standard InChI is InChI=1S/C17H11ClN2O6S2/c1-8(16(22)23)19-15(21)14(28-17(19)27)7-10-3-5-13(26-10)11-4-2-9(18)6-12(11)20(24)25/h2-8H,1H3,(H,22,23)/b14-7+/t8-/m1/s1. The maximum Gasteiger partial charge on any atom is 0.326 e. The van der Waals surface area contributed by atoms with Crippen LogP contribution in [0.4, 0.5) is 5.69 Å². The van der Waals surface area contributed by atoms with Crippen molar-refractivity contribution >= 4 is 63.5 Å². The van der Waals surface area contributed by atoms with Gasteiger partial charge in [-0.05, 0) is 31.2 Å². The first-order valence-electron chi connectivity index (χ1n) is 7.73. The summed E-state index contributed by atoms with van der Waals surface area (Å²) in [6.45, 7) is 1.36. The molecule has 8 nitrogen and oxygen atoms in total.